The fourth-order valence-corrected chi connectivity index (χ4v) is 2.80. The molecule has 0 fully saturated rings. The number of aryl methyl sites for hydroxylation is 1. The number of nitrogens with one attached hydrogen (secondary N) is 1. The summed E-state index contributed by atoms with van der Waals surface area (Å²) in [6, 6.07) is 16.6. The van der Waals surface area contributed by atoms with Crippen LogP contribution < -0.4 is 10.2 Å². The molecule has 100 valence electrons. The minimum Gasteiger partial charge on any atom is -0.339 e. The lowest BCUT2D eigenvalue weighted by Gasteiger charge is -2.27. The van der Waals surface area contributed by atoms with E-state index in [0.717, 1.165) is 36.4 Å². The van der Waals surface area contributed by atoms with Crippen LogP contribution in [-0.2, 0) is 6.54 Å². The van der Waals surface area contributed by atoms with Crippen molar-refractivity contribution in [1.29, 1.82) is 5.26 Å². The van der Waals surface area contributed by atoms with E-state index < -0.39 is 0 Å². The van der Waals surface area contributed by atoms with Gasteiger partial charge >= 0.3 is 0 Å². The highest BCUT2D eigenvalue weighted by Crippen LogP contribution is 2.34. The van der Waals surface area contributed by atoms with E-state index in [0.29, 0.717) is 0 Å². The molecule has 0 radical (unpaired) electrons. The van der Waals surface area contributed by atoms with Crippen molar-refractivity contribution in [1.82, 2.24) is 5.32 Å². The lowest BCUT2D eigenvalue weighted by molar-refractivity contribution is 0.712. The van der Waals surface area contributed by atoms with E-state index >= 15 is 0 Å². The molecule has 2 aromatic carbocycles. The molecule has 1 aliphatic heterocycles. The van der Waals surface area contributed by atoms with Gasteiger partial charge in [0, 0.05) is 25.3 Å². The van der Waals surface area contributed by atoms with Crippen molar-refractivity contribution in [2.45, 2.75) is 13.5 Å². The summed E-state index contributed by atoms with van der Waals surface area (Å²) in [7, 11) is 0. The first-order valence-electron chi connectivity index (χ1n) is 6.87. The van der Waals surface area contributed by atoms with Gasteiger partial charge in [0.1, 0.15) is 6.07 Å². The number of nitrogens with zero attached hydrogens (tertiary/aromatic N) is 2. The second kappa shape index (κ2) is 5.36. The van der Waals surface area contributed by atoms with Crippen LogP contribution in [0.5, 0.6) is 0 Å². The van der Waals surface area contributed by atoms with Gasteiger partial charge in [0.25, 0.3) is 0 Å². The van der Waals surface area contributed by atoms with Crippen molar-refractivity contribution in [3.05, 3.63) is 59.2 Å². The maximum absolute atomic E-state index is 9.40. The summed E-state index contributed by atoms with van der Waals surface area (Å²) in [5, 5.41) is 12.8. The smallest absolute Gasteiger partial charge is 0.101 e. The zero-order chi connectivity index (χ0) is 13.9. The van der Waals surface area contributed by atoms with Gasteiger partial charge in [-0.3, -0.25) is 0 Å². The Bertz CT molecular complexity index is 670. The highest BCUT2D eigenvalue weighted by atomic mass is 15.2. The number of anilines is 2. The Morgan fingerprint density at radius 3 is 2.85 bits per heavy atom. The molecule has 0 saturated carbocycles. The van der Waals surface area contributed by atoms with Crippen molar-refractivity contribution in [2.24, 2.45) is 0 Å². The summed E-state index contributed by atoms with van der Waals surface area (Å²) in [4.78, 5) is 2.27. The molecule has 2 aromatic rings. The van der Waals surface area contributed by atoms with Gasteiger partial charge in [-0.15, -0.1) is 0 Å². The SMILES string of the molecule is Cc1cccc(C#N)c1N1CCNCc2ccccc21. The van der Waals surface area contributed by atoms with Gasteiger partial charge in [0.15, 0.2) is 0 Å². The third kappa shape index (κ3) is 2.15. The molecule has 3 heteroatoms. The molecule has 1 aliphatic rings. The molecule has 1 heterocycles. The van der Waals surface area contributed by atoms with E-state index in [-0.39, 0.29) is 0 Å². The Balaban J connectivity index is 2.18. The topological polar surface area (TPSA) is 39.1 Å². The first-order chi connectivity index (χ1) is 9.81. The van der Waals surface area contributed by atoms with Crippen LogP contribution in [-0.4, -0.2) is 13.1 Å². The maximum atomic E-state index is 9.40. The quantitative estimate of drug-likeness (QED) is 0.859. The summed E-state index contributed by atoms with van der Waals surface area (Å²) >= 11 is 0. The van der Waals surface area contributed by atoms with Crippen LogP contribution in [0.2, 0.25) is 0 Å². The monoisotopic (exact) mass is 263 g/mol. The van der Waals surface area contributed by atoms with Crippen LogP contribution in [0.3, 0.4) is 0 Å². The minimum absolute atomic E-state index is 0.738. The highest BCUT2D eigenvalue weighted by molar-refractivity contribution is 5.74. The van der Waals surface area contributed by atoms with Crippen LogP contribution >= 0.6 is 0 Å². The van der Waals surface area contributed by atoms with Gasteiger partial charge in [-0.2, -0.15) is 5.26 Å². The number of fused-ring (bicyclic) bond motifs is 1. The van der Waals surface area contributed by atoms with E-state index in [9.17, 15) is 5.26 Å². The average Bonchev–Trinajstić information content (AvgIpc) is 2.69. The number of para-hydroxylation sites is 2. The molecular weight excluding hydrogens is 246 g/mol. The fourth-order valence-electron chi connectivity index (χ4n) is 2.80. The number of benzene rings is 2. The number of hydrogen-bond donors (Lipinski definition) is 1. The van der Waals surface area contributed by atoms with E-state index in [4.69, 9.17) is 0 Å². The molecule has 0 amide bonds. The van der Waals surface area contributed by atoms with Crippen LogP contribution in [0, 0.1) is 18.3 Å². The molecule has 0 unspecified atom stereocenters. The molecule has 3 nitrogen and oxygen atoms in total. The molecule has 3 rings (SSSR count). The van der Waals surface area contributed by atoms with Crippen LogP contribution in [0.15, 0.2) is 42.5 Å². The van der Waals surface area contributed by atoms with Gasteiger partial charge in [-0.05, 0) is 30.2 Å². The Hall–Kier alpha value is -2.31. The lowest BCUT2D eigenvalue weighted by atomic mass is 10.1. The van der Waals surface area contributed by atoms with Gasteiger partial charge in [-0.1, -0.05) is 30.3 Å². The second-order valence-corrected chi connectivity index (χ2v) is 5.04. The number of hydrogen-bond acceptors (Lipinski definition) is 3. The van der Waals surface area contributed by atoms with Crippen molar-refractivity contribution < 1.29 is 0 Å². The van der Waals surface area contributed by atoms with E-state index in [1.165, 1.54) is 11.3 Å². The third-order valence-corrected chi connectivity index (χ3v) is 3.74. The van der Waals surface area contributed by atoms with Crippen LogP contribution in [0.4, 0.5) is 11.4 Å². The summed E-state index contributed by atoms with van der Waals surface area (Å²) in [5.41, 5.74) is 5.38. The molecule has 1 N–H and O–H groups in total. The van der Waals surface area contributed by atoms with Gasteiger partial charge < -0.3 is 10.2 Å². The Labute approximate surface area is 119 Å². The molecule has 0 aliphatic carbocycles. The van der Waals surface area contributed by atoms with E-state index in [1.54, 1.807) is 0 Å². The minimum atomic E-state index is 0.738. The van der Waals surface area contributed by atoms with E-state index in [2.05, 4.69) is 53.5 Å². The number of rotatable bonds is 1. The Morgan fingerprint density at radius 2 is 2.00 bits per heavy atom. The standard InChI is InChI=1S/C17H17N3/c1-13-5-4-7-14(11-18)17(13)20-10-9-19-12-15-6-2-3-8-16(15)20/h2-8,19H,9-10,12H2,1H3. The number of nitriles is 1. The largest absolute Gasteiger partial charge is 0.339 e. The molecule has 0 aromatic heterocycles. The Kier molecular flexibility index (Phi) is 3.41. The summed E-state index contributed by atoms with van der Waals surface area (Å²) in [6.45, 7) is 4.72. The van der Waals surface area contributed by atoms with Gasteiger partial charge in [0.2, 0.25) is 0 Å². The van der Waals surface area contributed by atoms with Crippen LogP contribution in [0.25, 0.3) is 0 Å². The van der Waals surface area contributed by atoms with Crippen molar-refractivity contribution >= 4 is 11.4 Å². The molecular formula is C17H17N3. The third-order valence-electron chi connectivity index (χ3n) is 3.74. The maximum Gasteiger partial charge on any atom is 0.101 e. The first kappa shape index (κ1) is 12.7. The van der Waals surface area contributed by atoms with Gasteiger partial charge in [0.05, 0.1) is 11.3 Å². The van der Waals surface area contributed by atoms with E-state index in [1.807, 2.05) is 12.1 Å². The van der Waals surface area contributed by atoms with Crippen LogP contribution in [0.1, 0.15) is 16.7 Å². The summed E-state index contributed by atoms with van der Waals surface area (Å²) < 4.78 is 0. The molecule has 0 spiro atoms. The Morgan fingerprint density at radius 1 is 1.15 bits per heavy atom. The molecule has 0 atom stereocenters. The lowest BCUT2D eigenvalue weighted by Crippen LogP contribution is -2.25. The zero-order valence-electron chi connectivity index (χ0n) is 11.6. The van der Waals surface area contributed by atoms with Crippen molar-refractivity contribution in [3.63, 3.8) is 0 Å². The molecule has 0 bridgehead atoms. The highest BCUT2D eigenvalue weighted by Gasteiger charge is 2.19. The summed E-state index contributed by atoms with van der Waals surface area (Å²) in [5.74, 6) is 0. The van der Waals surface area contributed by atoms with Crippen molar-refractivity contribution in [2.75, 3.05) is 18.0 Å². The van der Waals surface area contributed by atoms with Gasteiger partial charge in [-0.25, -0.2) is 0 Å². The first-order valence-corrected chi connectivity index (χ1v) is 6.87. The normalized spacial score (nSPS) is 14.3. The second-order valence-electron chi connectivity index (χ2n) is 5.04. The average molecular weight is 263 g/mol. The molecule has 20 heavy (non-hydrogen) atoms. The predicted octanol–water partition coefficient (Wildman–Crippen LogP) is 3.11. The zero-order valence-corrected chi connectivity index (χ0v) is 11.6. The summed E-state index contributed by atoms with van der Waals surface area (Å²) in [6.07, 6.45) is 0. The predicted molar refractivity (Wildman–Crippen MR) is 81.0 cm³/mol. The fraction of sp³-hybridized carbons (Fsp3) is 0.235. The molecule has 0 saturated heterocycles. The van der Waals surface area contributed by atoms with Crippen molar-refractivity contribution in [3.8, 4) is 6.07 Å².